The van der Waals surface area contributed by atoms with Crippen LogP contribution in [0.4, 0.5) is 18.9 Å². The number of hydroxylamine groups is 2. The second-order valence-corrected chi connectivity index (χ2v) is 6.51. The van der Waals surface area contributed by atoms with Crippen molar-refractivity contribution in [2.75, 3.05) is 11.9 Å². The number of halogens is 3. The van der Waals surface area contributed by atoms with Gasteiger partial charge in [0.25, 0.3) is 5.91 Å². The van der Waals surface area contributed by atoms with Gasteiger partial charge in [-0.1, -0.05) is 36.4 Å². The Morgan fingerprint density at radius 3 is 2.33 bits per heavy atom. The number of alkyl halides is 3. The summed E-state index contributed by atoms with van der Waals surface area (Å²) in [5.74, 6) is -2.04. The minimum atomic E-state index is -4.57. The number of carbonyl (C=O) groups excluding carboxylic acids is 2. The number of benzene rings is 2. The molecule has 0 bridgehead atoms. The van der Waals surface area contributed by atoms with Gasteiger partial charge < -0.3 is 0 Å². The number of hydrogen-bond donors (Lipinski definition) is 0. The number of anilines is 1. The molecule has 4 rings (SSSR count). The maximum atomic E-state index is 13.0. The van der Waals surface area contributed by atoms with Gasteiger partial charge in [0.05, 0.1) is 23.2 Å². The van der Waals surface area contributed by atoms with Crippen LogP contribution in [0.15, 0.2) is 54.6 Å². The molecule has 2 saturated heterocycles. The van der Waals surface area contributed by atoms with E-state index < -0.39 is 41.6 Å². The first-order chi connectivity index (χ1) is 12.8. The number of imide groups is 1. The van der Waals surface area contributed by atoms with Crippen molar-refractivity contribution in [2.24, 2.45) is 5.92 Å². The van der Waals surface area contributed by atoms with Gasteiger partial charge in [0.15, 0.2) is 6.10 Å². The van der Waals surface area contributed by atoms with E-state index in [4.69, 9.17) is 4.84 Å². The molecular weight excluding hydrogens is 361 g/mol. The zero-order valence-corrected chi connectivity index (χ0v) is 14.2. The Morgan fingerprint density at radius 2 is 1.67 bits per heavy atom. The van der Waals surface area contributed by atoms with E-state index in [1.54, 1.807) is 7.05 Å². The van der Waals surface area contributed by atoms with Crippen LogP contribution in [-0.2, 0) is 20.6 Å². The number of rotatable bonds is 2. The van der Waals surface area contributed by atoms with E-state index in [0.717, 1.165) is 22.6 Å². The molecule has 0 aromatic heterocycles. The van der Waals surface area contributed by atoms with E-state index in [1.807, 2.05) is 30.3 Å². The van der Waals surface area contributed by atoms with E-state index in [9.17, 15) is 22.8 Å². The molecule has 2 aromatic carbocycles. The third-order valence-corrected chi connectivity index (χ3v) is 4.88. The van der Waals surface area contributed by atoms with Crippen LogP contribution in [0.1, 0.15) is 17.2 Å². The molecule has 0 saturated carbocycles. The molecule has 0 N–H and O–H groups in total. The molecule has 0 aliphatic carbocycles. The number of fused-ring (bicyclic) bond motifs is 1. The predicted octanol–water partition coefficient (Wildman–Crippen LogP) is 3.18. The Bertz CT molecular complexity index is 901. The first-order valence-corrected chi connectivity index (χ1v) is 8.28. The van der Waals surface area contributed by atoms with Crippen molar-refractivity contribution < 1.29 is 27.6 Å². The lowest BCUT2D eigenvalue weighted by Crippen LogP contribution is -2.36. The zero-order chi connectivity index (χ0) is 19.3. The smallest absolute Gasteiger partial charge is 0.284 e. The third-order valence-electron chi connectivity index (χ3n) is 4.88. The van der Waals surface area contributed by atoms with E-state index in [-0.39, 0.29) is 5.69 Å². The van der Waals surface area contributed by atoms with Crippen molar-refractivity contribution in [2.45, 2.75) is 18.3 Å². The maximum absolute atomic E-state index is 13.0. The van der Waals surface area contributed by atoms with E-state index in [2.05, 4.69) is 0 Å². The average molecular weight is 376 g/mol. The predicted molar refractivity (Wildman–Crippen MR) is 89.2 cm³/mol. The van der Waals surface area contributed by atoms with Crippen molar-refractivity contribution in [1.29, 1.82) is 0 Å². The van der Waals surface area contributed by atoms with Crippen LogP contribution >= 0.6 is 0 Å². The van der Waals surface area contributed by atoms with Gasteiger partial charge in [-0.3, -0.25) is 14.4 Å². The van der Waals surface area contributed by atoms with E-state index >= 15 is 0 Å². The average Bonchev–Trinajstić information content (AvgIpc) is 3.09. The number of hydrogen-bond acceptors (Lipinski definition) is 4. The standard InChI is InChI=1S/C19H15F3N2O3/c1-23-15(11-6-3-2-4-7-11)14-16(27-23)18(26)24(17(14)25)13-9-5-8-12(10-13)19(20,21)22/h2-10,14-16H,1H3/t14-,15-,16+/m0/s1. The fraction of sp³-hybridized carbons (Fsp3) is 0.263. The number of amides is 2. The van der Waals surface area contributed by atoms with Gasteiger partial charge in [-0.2, -0.15) is 18.2 Å². The lowest BCUT2D eigenvalue weighted by Gasteiger charge is -2.24. The summed E-state index contributed by atoms with van der Waals surface area (Å²) in [4.78, 5) is 32.1. The van der Waals surface area contributed by atoms with Crippen molar-refractivity contribution in [1.82, 2.24) is 5.06 Å². The highest BCUT2D eigenvalue weighted by molar-refractivity contribution is 6.23. The highest BCUT2D eigenvalue weighted by Crippen LogP contribution is 2.45. The molecule has 2 fully saturated rings. The Labute approximate surface area is 152 Å². The largest absolute Gasteiger partial charge is 0.416 e. The first-order valence-electron chi connectivity index (χ1n) is 8.28. The normalized spacial score (nSPS) is 25.9. The van der Waals surface area contributed by atoms with Crippen LogP contribution < -0.4 is 4.90 Å². The van der Waals surface area contributed by atoms with Crippen LogP contribution in [0, 0.1) is 5.92 Å². The van der Waals surface area contributed by atoms with Gasteiger partial charge in [-0.15, -0.1) is 0 Å². The third kappa shape index (κ3) is 2.81. The van der Waals surface area contributed by atoms with Gasteiger partial charge in [0, 0.05) is 7.05 Å². The fourth-order valence-electron chi connectivity index (χ4n) is 3.69. The molecular formula is C19H15F3N2O3. The van der Waals surface area contributed by atoms with Gasteiger partial charge >= 0.3 is 6.18 Å². The summed E-state index contributed by atoms with van der Waals surface area (Å²) in [5.41, 5.74) is -0.234. The summed E-state index contributed by atoms with van der Waals surface area (Å²) >= 11 is 0. The lowest BCUT2D eigenvalue weighted by atomic mass is 9.91. The lowest BCUT2D eigenvalue weighted by molar-refractivity contribution is -0.160. The van der Waals surface area contributed by atoms with Crippen LogP contribution in [-0.4, -0.2) is 30.0 Å². The highest BCUT2D eigenvalue weighted by atomic mass is 19.4. The van der Waals surface area contributed by atoms with Crippen molar-refractivity contribution in [3.05, 3.63) is 65.7 Å². The Kier molecular flexibility index (Phi) is 4.05. The second kappa shape index (κ2) is 6.17. The molecule has 2 heterocycles. The summed E-state index contributed by atoms with van der Waals surface area (Å²) in [7, 11) is 1.63. The molecule has 140 valence electrons. The van der Waals surface area contributed by atoms with Gasteiger partial charge in [-0.05, 0) is 23.8 Å². The van der Waals surface area contributed by atoms with Crippen LogP contribution in [0.5, 0.6) is 0 Å². The summed E-state index contributed by atoms with van der Waals surface area (Å²) in [6, 6.07) is 12.8. The summed E-state index contributed by atoms with van der Waals surface area (Å²) in [6.07, 6.45) is -5.62. The van der Waals surface area contributed by atoms with Gasteiger partial charge in [-0.25, -0.2) is 4.90 Å². The number of nitrogens with zero attached hydrogens (tertiary/aromatic N) is 2. The van der Waals surface area contributed by atoms with E-state index in [0.29, 0.717) is 0 Å². The molecule has 2 aliphatic rings. The molecule has 27 heavy (non-hydrogen) atoms. The first kappa shape index (κ1) is 17.7. The molecule has 8 heteroatoms. The van der Waals surface area contributed by atoms with Crippen LogP contribution in [0.2, 0.25) is 0 Å². The monoisotopic (exact) mass is 376 g/mol. The summed E-state index contributed by atoms with van der Waals surface area (Å²) < 4.78 is 39.0. The number of carbonyl (C=O) groups is 2. The Balaban J connectivity index is 1.72. The summed E-state index contributed by atoms with van der Waals surface area (Å²) in [5, 5.41) is 1.46. The van der Waals surface area contributed by atoms with Crippen molar-refractivity contribution in [3.8, 4) is 0 Å². The topological polar surface area (TPSA) is 49.9 Å². The SMILES string of the molecule is CN1O[C@H]2C(=O)N(c3cccc(C(F)(F)F)c3)C(=O)[C@H]2[C@@H]1c1ccccc1. The van der Waals surface area contributed by atoms with Crippen LogP contribution in [0.25, 0.3) is 0 Å². The van der Waals surface area contributed by atoms with Gasteiger partial charge in [0.2, 0.25) is 5.91 Å². The molecule has 2 aliphatic heterocycles. The molecule has 5 nitrogen and oxygen atoms in total. The molecule has 0 radical (unpaired) electrons. The highest BCUT2D eigenvalue weighted by Gasteiger charge is 2.59. The van der Waals surface area contributed by atoms with Gasteiger partial charge in [0.1, 0.15) is 0 Å². The van der Waals surface area contributed by atoms with E-state index in [1.165, 1.54) is 17.2 Å². The quantitative estimate of drug-likeness (QED) is 0.756. The Morgan fingerprint density at radius 1 is 0.963 bits per heavy atom. The molecule has 3 atom stereocenters. The van der Waals surface area contributed by atoms with Crippen LogP contribution in [0.3, 0.4) is 0 Å². The molecule has 2 aromatic rings. The van der Waals surface area contributed by atoms with Crippen molar-refractivity contribution in [3.63, 3.8) is 0 Å². The molecule has 0 unspecified atom stereocenters. The molecule has 0 spiro atoms. The molecule has 2 amide bonds. The minimum Gasteiger partial charge on any atom is -0.284 e. The second-order valence-electron chi connectivity index (χ2n) is 6.51. The fourth-order valence-corrected chi connectivity index (χ4v) is 3.69. The minimum absolute atomic E-state index is 0.104. The maximum Gasteiger partial charge on any atom is 0.416 e. The zero-order valence-electron chi connectivity index (χ0n) is 14.2. The Hall–Kier alpha value is -2.71. The van der Waals surface area contributed by atoms with Crippen molar-refractivity contribution >= 4 is 17.5 Å². The summed E-state index contributed by atoms with van der Waals surface area (Å²) in [6.45, 7) is 0.